The molecule has 1 aliphatic carbocycles. The van der Waals surface area contributed by atoms with Crippen molar-refractivity contribution in [2.45, 2.75) is 39.0 Å². The number of nitrogens with zero attached hydrogens (tertiary/aromatic N) is 1. The van der Waals surface area contributed by atoms with E-state index in [0.717, 1.165) is 17.7 Å². The lowest BCUT2D eigenvalue weighted by Gasteiger charge is -2.19. The van der Waals surface area contributed by atoms with E-state index in [0.29, 0.717) is 12.3 Å². The lowest BCUT2D eigenvalue weighted by molar-refractivity contribution is -0.120. The van der Waals surface area contributed by atoms with E-state index in [1.54, 1.807) is 0 Å². The Hall–Kier alpha value is -1.64. The van der Waals surface area contributed by atoms with Gasteiger partial charge in [-0.25, -0.2) is 5.43 Å². The van der Waals surface area contributed by atoms with Gasteiger partial charge in [-0.05, 0) is 30.7 Å². The zero-order valence-corrected chi connectivity index (χ0v) is 10.9. The van der Waals surface area contributed by atoms with Crippen molar-refractivity contribution in [1.29, 1.82) is 0 Å². The highest BCUT2D eigenvalue weighted by Crippen LogP contribution is 2.20. The highest BCUT2D eigenvalue weighted by Gasteiger charge is 2.16. The molecular formula is C15H20N2O. The first-order valence-corrected chi connectivity index (χ1v) is 6.65. The molecule has 1 amide bonds. The Morgan fingerprint density at radius 3 is 2.83 bits per heavy atom. The molecular weight excluding hydrogens is 224 g/mol. The minimum absolute atomic E-state index is 0.0357. The van der Waals surface area contributed by atoms with Gasteiger partial charge < -0.3 is 0 Å². The number of hydrazone groups is 1. The number of hydrogen-bond donors (Lipinski definition) is 1. The van der Waals surface area contributed by atoms with Crippen molar-refractivity contribution in [1.82, 2.24) is 5.43 Å². The van der Waals surface area contributed by atoms with Gasteiger partial charge in [-0.3, -0.25) is 4.79 Å². The van der Waals surface area contributed by atoms with Crippen LogP contribution in [0, 0.1) is 5.92 Å². The molecule has 1 saturated carbocycles. The fourth-order valence-corrected chi connectivity index (χ4v) is 2.29. The van der Waals surface area contributed by atoms with Crippen LogP contribution < -0.4 is 5.43 Å². The van der Waals surface area contributed by atoms with Crippen molar-refractivity contribution in [2.24, 2.45) is 11.0 Å². The lowest BCUT2D eigenvalue weighted by atomic mass is 9.89. The normalized spacial score (nSPS) is 21.8. The topological polar surface area (TPSA) is 41.5 Å². The summed E-state index contributed by atoms with van der Waals surface area (Å²) in [5.41, 5.74) is 4.84. The third-order valence-electron chi connectivity index (χ3n) is 3.42. The van der Waals surface area contributed by atoms with E-state index in [-0.39, 0.29) is 5.91 Å². The van der Waals surface area contributed by atoms with Crippen molar-refractivity contribution in [3.8, 4) is 0 Å². The van der Waals surface area contributed by atoms with Crippen molar-refractivity contribution >= 4 is 11.6 Å². The molecule has 0 aliphatic heterocycles. The molecule has 1 N–H and O–H groups in total. The number of benzene rings is 1. The van der Waals surface area contributed by atoms with Gasteiger partial charge in [0.1, 0.15) is 0 Å². The molecule has 0 heterocycles. The van der Waals surface area contributed by atoms with Crippen LogP contribution >= 0.6 is 0 Å². The van der Waals surface area contributed by atoms with Crippen molar-refractivity contribution in [3.63, 3.8) is 0 Å². The van der Waals surface area contributed by atoms with Gasteiger partial charge in [0, 0.05) is 5.71 Å². The largest absolute Gasteiger partial charge is 0.273 e. The van der Waals surface area contributed by atoms with Crippen LogP contribution in [0.2, 0.25) is 0 Å². The molecule has 0 saturated heterocycles. The molecule has 1 fully saturated rings. The van der Waals surface area contributed by atoms with Gasteiger partial charge in [-0.2, -0.15) is 5.10 Å². The van der Waals surface area contributed by atoms with Gasteiger partial charge >= 0.3 is 0 Å². The first-order chi connectivity index (χ1) is 8.75. The standard InChI is InChI=1S/C15H20N2O/c1-12-7-5-6-10-14(12)16-17-15(18)11-13-8-3-2-4-9-13/h2-4,8-9,12H,5-7,10-11H2,1H3,(H,17,18)/b16-14+. The van der Waals surface area contributed by atoms with Gasteiger partial charge in [0.25, 0.3) is 0 Å². The highest BCUT2D eigenvalue weighted by molar-refractivity contribution is 5.88. The Kier molecular flexibility index (Phi) is 4.51. The molecule has 1 aromatic rings. The predicted molar refractivity (Wildman–Crippen MR) is 73.4 cm³/mol. The summed E-state index contributed by atoms with van der Waals surface area (Å²) < 4.78 is 0. The maximum absolute atomic E-state index is 11.7. The number of rotatable bonds is 3. The van der Waals surface area contributed by atoms with Gasteiger partial charge in [0.2, 0.25) is 5.91 Å². The summed E-state index contributed by atoms with van der Waals surface area (Å²) in [6, 6.07) is 9.74. The molecule has 1 aromatic carbocycles. The summed E-state index contributed by atoms with van der Waals surface area (Å²) in [7, 11) is 0. The fraction of sp³-hybridized carbons (Fsp3) is 0.467. The summed E-state index contributed by atoms with van der Waals surface area (Å²) in [6.07, 6.45) is 5.07. The van der Waals surface area contributed by atoms with E-state index in [2.05, 4.69) is 17.5 Å². The van der Waals surface area contributed by atoms with E-state index in [1.807, 2.05) is 30.3 Å². The second-order valence-electron chi connectivity index (χ2n) is 4.95. The number of carbonyl (C=O) groups excluding carboxylic acids is 1. The third-order valence-corrected chi connectivity index (χ3v) is 3.42. The maximum atomic E-state index is 11.7. The van der Waals surface area contributed by atoms with Gasteiger partial charge in [-0.15, -0.1) is 0 Å². The summed E-state index contributed by atoms with van der Waals surface area (Å²) in [5.74, 6) is 0.474. The Bertz CT molecular complexity index is 425. The molecule has 0 radical (unpaired) electrons. The van der Waals surface area contributed by atoms with Crippen LogP contribution in [-0.2, 0) is 11.2 Å². The quantitative estimate of drug-likeness (QED) is 0.816. The molecule has 0 aromatic heterocycles. The Balaban J connectivity index is 1.86. The first kappa shape index (κ1) is 12.8. The summed E-state index contributed by atoms with van der Waals surface area (Å²) in [5, 5.41) is 4.28. The number of hydrogen-bond acceptors (Lipinski definition) is 2. The average molecular weight is 244 g/mol. The van der Waals surface area contributed by atoms with Crippen LogP contribution in [0.3, 0.4) is 0 Å². The first-order valence-electron chi connectivity index (χ1n) is 6.65. The highest BCUT2D eigenvalue weighted by atomic mass is 16.2. The summed E-state index contributed by atoms with van der Waals surface area (Å²) in [4.78, 5) is 11.7. The predicted octanol–water partition coefficient (Wildman–Crippen LogP) is 2.91. The molecule has 1 atom stereocenters. The molecule has 2 rings (SSSR count). The fourth-order valence-electron chi connectivity index (χ4n) is 2.29. The Morgan fingerprint density at radius 2 is 2.11 bits per heavy atom. The van der Waals surface area contributed by atoms with E-state index < -0.39 is 0 Å². The Morgan fingerprint density at radius 1 is 1.33 bits per heavy atom. The van der Waals surface area contributed by atoms with E-state index in [1.165, 1.54) is 19.3 Å². The third kappa shape index (κ3) is 3.69. The van der Waals surface area contributed by atoms with Crippen LogP contribution in [0.15, 0.2) is 35.4 Å². The number of carbonyl (C=O) groups is 1. The van der Waals surface area contributed by atoms with Crippen molar-refractivity contribution in [2.75, 3.05) is 0 Å². The molecule has 1 aliphatic rings. The molecule has 0 spiro atoms. The minimum atomic E-state index is -0.0357. The smallest absolute Gasteiger partial charge is 0.244 e. The molecule has 18 heavy (non-hydrogen) atoms. The zero-order valence-electron chi connectivity index (χ0n) is 10.9. The van der Waals surface area contributed by atoms with E-state index in [9.17, 15) is 4.79 Å². The van der Waals surface area contributed by atoms with E-state index in [4.69, 9.17) is 0 Å². The van der Waals surface area contributed by atoms with Crippen molar-refractivity contribution in [3.05, 3.63) is 35.9 Å². The minimum Gasteiger partial charge on any atom is -0.273 e. The molecule has 0 bridgehead atoms. The second-order valence-corrected chi connectivity index (χ2v) is 4.95. The SMILES string of the molecule is CC1CCCC/C1=N\NC(=O)Cc1ccccc1. The van der Waals surface area contributed by atoms with Crippen molar-refractivity contribution < 1.29 is 4.79 Å². The number of nitrogens with one attached hydrogen (secondary N) is 1. The van der Waals surface area contributed by atoms with Gasteiger partial charge in [0.15, 0.2) is 0 Å². The van der Waals surface area contributed by atoms with Crippen LogP contribution in [0.4, 0.5) is 0 Å². The summed E-state index contributed by atoms with van der Waals surface area (Å²) >= 11 is 0. The summed E-state index contributed by atoms with van der Waals surface area (Å²) in [6.45, 7) is 2.18. The molecule has 96 valence electrons. The monoisotopic (exact) mass is 244 g/mol. The molecule has 1 unspecified atom stereocenters. The maximum Gasteiger partial charge on any atom is 0.244 e. The average Bonchev–Trinajstić information content (AvgIpc) is 2.39. The van der Waals surface area contributed by atoms with Crippen LogP contribution in [0.25, 0.3) is 0 Å². The van der Waals surface area contributed by atoms with E-state index >= 15 is 0 Å². The molecule has 3 heteroatoms. The lowest BCUT2D eigenvalue weighted by Crippen LogP contribution is -2.25. The van der Waals surface area contributed by atoms with Gasteiger partial charge in [-0.1, -0.05) is 43.7 Å². The number of amides is 1. The van der Waals surface area contributed by atoms with Crippen LogP contribution in [-0.4, -0.2) is 11.6 Å². The zero-order chi connectivity index (χ0) is 12.8. The second kappa shape index (κ2) is 6.34. The Labute approximate surface area is 108 Å². The van der Waals surface area contributed by atoms with Gasteiger partial charge in [0.05, 0.1) is 6.42 Å². The molecule has 3 nitrogen and oxygen atoms in total. The van der Waals surface area contributed by atoms with Crippen LogP contribution in [0.1, 0.15) is 38.2 Å². The van der Waals surface area contributed by atoms with Crippen LogP contribution in [0.5, 0.6) is 0 Å².